The van der Waals surface area contributed by atoms with Crippen molar-refractivity contribution in [2.45, 2.75) is 32.7 Å². The molecule has 0 saturated carbocycles. The van der Waals surface area contributed by atoms with E-state index in [1.807, 2.05) is 13.8 Å². The summed E-state index contributed by atoms with van der Waals surface area (Å²) in [5.74, 6) is 0.186. The van der Waals surface area contributed by atoms with Crippen molar-refractivity contribution in [3.8, 4) is 0 Å². The molecule has 1 aliphatic rings. The Kier molecular flexibility index (Phi) is 2.75. The quantitative estimate of drug-likeness (QED) is 0.633. The standard InChI is InChI=1S/C6H12F2N2O/c1-3(2)5-9-10-6(11-5)4(7)8/h3-6,9-10H,1-2H3/t5-,6?/m0/s1. The van der Waals surface area contributed by atoms with E-state index in [9.17, 15) is 8.78 Å². The van der Waals surface area contributed by atoms with Crippen molar-refractivity contribution in [1.82, 2.24) is 10.9 Å². The molecule has 1 rings (SSSR count). The third-order valence-corrected chi connectivity index (χ3v) is 1.50. The van der Waals surface area contributed by atoms with Gasteiger partial charge in [-0.3, -0.25) is 0 Å². The zero-order valence-corrected chi connectivity index (χ0v) is 6.47. The van der Waals surface area contributed by atoms with Crippen molar-refractivity contribution in [3.63, 3.8) is 0 Å². The fourth-order valence-electron chi connectivity index (χ4n) is 0.836. The van der Waals surface area contributed by atoms with Crippen molar-refractivity contribution in [2.24, 2.45) is 5.92 Å². The SMILES string of the molecule is CC(C)[C@H]1NNC(C(F)F)O1. The zero-order valence-electron chi connectivity index (χ0n) is 6.47. The molecule has 0 bridgehead atoms. The molecule has 1 fully saturated rings. The highest BCUT2D eigenvalue weighted by Crippen LogP contribution is 2.13. The average Bonchev–Trinajstić information content (AvgIpc) is 2.33. The van der Waals surface area contributed by atoms with E-state index in [-0.39, 0.29) is 12.1 Å². The highest BCUT2D eigenvalue weighted by molar-refractivity contribution is 4.69. The van der Waals surface area contributed by atoms with Crippen molar-refractivity contribution in [2.75, 3.05) is 0 Å². The second-order valence-electron chi connectivity index (χ2n) is 2.84. The normalized spacial score (nSPS) is 32.2. The summed E-state index contributed by atoms with van der Waals surface area (Å²) >= 11 is 0. The summed E-state index contributed by atoms with van der Waals surface area (Å²) in [6.07, 6.45) is -3.96. The maximum Gasteiger partial charge on any atom is 0.278 e. The molecular formula is C6H12F2N2O. The Morgan fingerprint density at radius 1 is 1.18 bits per heavy atom. The van der Waals surface area contributed by atoms with Crippen LogP contribution in [0.25, 0.3) is 0 Å². The molecule has 3 nitrogen and oxygen atoms in total. The number of hydrogen-bond acceptors (Lipinski definition) is 3. The highest BCUT2D eigenvalue weighted by Gasteiger charge is 2.32. The van der Waals surface area contributed by atoms with Gasteiger partial charge in [0.1, 0.15) is 6.23 Å². The van der Waals surface area contributed by atoms with Crippen LogP contribution in [0.2, 0.25) is 0 Å². The predicted molar refractivity (Wildman–Crippen MR) is 35.8 cm³/mol. The molecule has 11 heavy (non-hydrogen) atoms. The third kappa shape index (κ3) is 2.08. The molecule has 0 aromatic heterocycles. The van der Waals surface area contributed by atoms with Gasteiger partial charge in [0, 0.05) is 0 Å². The van der Waals surface area contributed by atoms with Crippen LogP contribution in [-0.4, -0.2) is 18.9 Å². The Hall–Kier alpha value is -0.260. The number of nitrogens with one attached hydrogen (secondary N) is 2. The molecule has 1 heterocycles. The summed E-state index contributed by atoms with van der Waals surface area (Å²) in [7, 11) is 0. The first-order valence-corrected chi connectivity index (χ1v) is 3.56. The van der Waals surface area contributed by atoms with E-state index in [1.165, 1.54) is 0 Å². The van der Waals surface area contributed by atoms with E-state index >= 15 is 0 Å². The van der Waals surface area contributed by atoms with Crippen LogP contribution in [0.5, 0.6) is 0 Å². The summed E-state index contributed by atoms with van der Waals surface area (Å²) in [5.41, 5.74) is 5.00. The molecule has 0 aliphatic carbocycles. The fourth-order valence-corrected chi connectivity index (χ4v) is 0.836. The van der Waals surface area contributed by atoms with Crippen LogP contribution in [-0.2, 0) is 4.74 Å². The van der Waals surface area contributed by atoms with E-state index < -0.39 is 12.7 Å². The largest absolute Gasteiger partial charge is 0.336 e. The van der Waals surface area contributed by atoms with E-state index in [1.54, 1.807) is 0 Å². The van der Waals surface area contributed by atoms with Crippen molar-refractivity contribution in [3.05, 3.63) is 0 Å². The van der Waals surface area contributed by atoms with Gasteiger partial charge in [-0.2, -0.15) is 0 Å². The summed E-state index contributed by atoms with van der Waals surface area (Å²) in [5, 5.41) is 0. The first-order valence-electron chi connectivity index (χ1n) is 3.56. The van der Waals surface area contributed by atoms with E-state index in [0.717, 1.165) is 0 Å². The minimum Gasteiger partial charge on any atom is -0.336 e. The molecule has 1 saturated heterocycles. The van der Waals surface area contributed by atoms with Gasteiger partial charge < -0.3 is 4.74 Å². The Balaban J connectivity index is 2.35. The Bertz CT molecular complexity index is 118. The second-order valence-corrected chi connectivity index (χ2v) is 2.84. The number of hydrogen-bond donors (Lipinski definition) is 2. The van der Waals surface area contributed by atoms with Crippen molar-refractivity contribution >= 4 is 0 Å². The molecule has 5 heteroatoms. The van der Waals surface area contributed by atoms with Crippen molar-refractivity contribution < 1.29 is 13.5 Å². The van der Waals surface area contributed by atoms with Gasteiger partial charge >= 0.3 is 0 Å². The summed E-state index contributed by atoms with van der Waals surface area (Å²) < 4.78 is 28.8. The minimum atomic E-state index is -2.48. The number of ether oxygens (including phenoxy) is 1. The molecule has 1 aliphatic heterocycles. The summed E-state index contributed by atoms with van der Waals surface area (Å²) in [4.78, 5) is 0. The van der Waals surface area contributed by atoms with E-state index in [4.69, 9.17) is 4.74 Å². The molecule has 2 N–H and O–H groups in total. The van der Waals surface area contributed by atoms with Gasteiger partial charge in [0.25, 0.3) is 6.43 Å². The minimum absolute atomic E-state index is 0.186. The van der Waals surface area contributed by atoms with Crippen LogP contribution in [0.15, 0.2) is 0 Å². The number of alkyl halides is 2. The molecule has 2 atom stereocenters. The Morgan fingerprint density at radius 2 is 1.73 bits per heavy atom. The molecule has 66 valence electrons. The smallest absolute Gasteiger partial charge is 0.278 e. The number of halogens is 2. The molecule has 0 spiro atoms. The lowest BCUT2D eigenvalue weighted by molar-refractivity contribution is -0.0699. The molecule has 0 amide bonds. The Labute approximate surface area is 64.1 Å². The first-order chi connectivity index (χ1) is 5.11. The molecule has 0 aromatic carbocycles. The van der Waals surface area contributed by atoms with Crippen LogP contribution >= 0.6 is 0 Å². The van der Waals surface area contributed by atoms with Crippen molar-refractivity contribution in [1.29, 1.82) is 0 Å². The van der Waals surface area contributed by atoms with Gasteiger partial charge in [-0.05, 0) is 5.92 Å². The first kappa shape index (κ1) is 8.83. The predicted octanol–water partition coefficient (Wildman–Crippen LogP) is 0.684. The average molecular weight is 166 g/mol. The van der Waals surface area contributed by atoms with Crippen LogP contribution in [0.1, 0.15) is 13.8 Å². The number of hydrazine groups is 1. The third-order valence-electron chi connectivity index (χ3n) is 1.50. The molecular weight excluding hydrogens is 154 g/mol. The van der Waals surface area contributed by atoms with Crippen LogP contribution in [0.3, 0.4) is 0 Å². The van der Waals surface area contributed by atoms with Gasteiger partial charge in [0.2, 0.25) is 0 Å². The van der Waals surface area contributed by atoms with Gasteiger partial charge in [-0.15, -0.1) is 0 Å². The van der Waals surface area contributed by atoms with Crippen LogP contribution in [0, 0.1) is 5.92 Å². The van der Waals surface area contributed by atoms with Gasteiger partial charge in [-0.1, -0.05) is 13.8 Å². The van der Waals surface area contributed by atoms with E-state index in [2.05, 4.69) is 10.9 Å². The lowest BCUT2D eigenvalue weighted by Crippen LogP contribution is -2.37. The monoisotopic (exact) mass is 166 g/mol. The highest BCUT2D eigenvalue weighted by atomic mass is 19.3. The maximum absolute atomic E-state index is 11.9. The van der Waals surface area contributed by atoms with Gasteiger partial charge in [0.15, 0.2) is 6.23 Å². The van der Waals surface area contributed by atoms with Gasteiger partial charge in [0.05, 0.1) is 0 Å². The van der Waals surface area contributed by atoms with Crippen LogP contribution in [0.4, 0.5) is 8.78 Å². The van der Waals surface area contributed by atoms with E-state index in [0.29, 0.717) is 0 Å². The zero-order chi connectivity index (χ0) is 8.43. The lowest BCUT2D eigenvalue weighted by Gasteiger charge is -2.13. The second kappa shape index (κ2) is 3.42. The van der Waals surface area contributed by atoms with Gasteiger partial charge in [-0.25, -0.2) is 19.6 Å². The topological polar surface area (TPSA) is 33.3 Å². The summed E-state index contributed by atoms with van der Waals surface area (Å²) in [6.45, 7) is 3.79. The lowest BCUT2D eigenvalue weighted by atomic mass is 10.2. The molecule has 1 unspecified atom stereocenters. The van der Waals surface area contributed by atoms with Crippen LogP contribution < -0.4 is 10.9 Å². The summed E-state index contributed by atoms with van der Waals surface area (Å²) in [6, 6.07) is 0. The Morgan fingerprint density at radius 3 is 2.00 bits per heavy atom. The number of rotatable bonds is 2. The maximum atomic E-state index is 11.9. The molecule has 0 radical (unpaired) electrons. The molecule has 0 aromatic rings. The fraction of sp³-hybridized carbons (Fsp3) is 1.00.